The second-order valence-electron chi connectivity index (χ2n) is 6.17. The molecule has 0 aliphatic carbocycles. The average Bonchev–Trinajstić information content (AvgIpc) is 2.55. The molecule has 1 heterocycles. The number of alkyl halides is 1. The van der Waals surface area contributed by atoms with Crippen LogP contribution in [0.5, 0.6) is 5.88 Å². The van der Waals surface area contributed by atoms with E-state index >= 15 is 0 Å². The van der Waals surface area contributed by atoms with Gasteiger partial charge >= 0.3 is 0 Å². The van der Waals surface area contributed by atoms with E-state index in [4.69, 9.17) is 11.6 Å². The second kappa shape index (κ2) is 8.30. The molecule has 0 saturated carbocycles. The van der Waals surface area contributed by atoms with Gasteiger partial charge in [-0.2, -0.15) is 4.98 Å². The molecule has 1 aromatic heterocycles. The van der Waals surface area contributed by atoms with Gasteiger partial charge in [0.1, 0.15) is 5.82 Å². The average molecular weight is 333 g/mol. The highest BCUT2D eigenvalue weighted by molar-refractivity contribution is 6.17. The number of aryl methyl sites for hydroxylation is 1. The molecule has 0 saturated heterocycles. The van der Waals surface area contributed by atoms with Crippen LogP contribution in [0, 0.1) is 0 Å². The summed E-state index contributed by atoms with van der Waals surface area (Å²) in [6.45, 7) is 6.21. The molecule has 0 bridgehead atoms. The van der Waals surface area contributed by atoms with E-state index in [1.807, 2.05) is 19.9 Å². The summed E-state index contributed by atoms with van der Waals surface area (Å²) in [6.07, 6.45) is 3.99. The van der Waals surface area contributed by atoms with Crippen LogP contribution in [0.4, 0.5) is 0 Å². The quantitative estimate of drug-likeness (QED) is 0.727. The number of aromatic nitrogens is 2. The highest BCUT2D eigenvalue weighted by atomic mass is 35.5. The normalized spacial score (nSPS) is 11.2. The Labute approximate surface area is 143 Å². The summed E-state index contributed by atoms with van der Waals surface area (Å²) in [5.41, 5.74) is 4.01. The van der Waals surface area contributed by atoms with Gasteiger partial charge in [0.25, 0.3) is 0 Å². The molecule has 23 heavy (non-hydrogen) atoms. The van der Waals surface area contributed by atoms with Crippen molar-refractivity contribution in [3.63, 3.8) is 0 Å². The van der Waals surface area contributed by atoms with Crippen LogP contribution < -0.4 is 0 Å². The first-order valence-corrected chi connectivity index (χ1v) is 8.81. The van der Waals surface area contributed by atoms with Crippen LogP contribution in [0.2, 0.25) is 0 Å². The summed E-state index contributed by atoms with van der Waals surface area (Å²) in [7, 11) is 0. The van der Waals surface area contributed by atoms with Crippen LogP contribution in [0.3, 0.4) is 0 Å². The standard InChI is InChI=1S/C19H25ClN2O/c1-4-5-8-14-9-6-7-10-15(14)11-16-17(12-20)21-18(13(2)3)22-19(16)23/h6-7,9-10,13H,4-5,8,11-12H2,1-3H3,(H,21,22,23). The lowest BCUT2D eigenvalue weighted by molar-refractivity contribution is 0.439. The fourth-order valence-electron chi connectivity index (χ4n) is 2.62. The van der Waals surface area contributed by atoms with Crippen molar-refractivity contribution in [1.29, 1.82) is 0 Å². The fraction of sp³-hybridized carbons (Fsp3) is 0.474. The van der Waals surface area contributed by atoms with Crippen molar-refractivity contribution in [2.75, 3.05) is 0 Å². The predicted molar refractivity (Wildman–Crippen MR) is 95.2 cm³/mol. The molecule has 1 N–H and O–H groups in total. The number of benzene rings is 1. The zero-order valence-electron chi connectivity index (χ0n) is 14.1. The third kappa shape index (κ3) is 4.44. The Balaban J connectivity index is 2.37. The van der Waals surface area contributed by atoms with Crippen molar-refractivity contribution < 1.29 is 5.11 Å². The minimum atomic E-state index is 0.0599. The predicted octanol–water partition coefficient (Wildman–Crippen LogP) is 4.98. The minimum Gasteiger partial charge on any atom is -0.493 e. The van der Waals surface area contributed by atoms with Gasteiger partial charge in [0, 0.05) is 17.9 Å². The fourth-order valence-corrected chi connectivity index (χ4v) is 2.84. The van der Waals surface area contributed by atoms with Crippen molar-refractivity contribution in [2.24, 2.45) is 0 Å². The molecule has 124 valence electrons. The van der Waals surface area contributed by atoms with E-state index in [2.05, 4.69) is 35.1 Å². The van der Waals surface area contributed by atoms with Gasteiger partial charge < -0.3 is 5.11 Å². The summed E-state index contributed by atoms with van der Waals surface area (Å²) >= 11 is 6.07. The van der Waals surface area contributed by atoms with Gasteiger partial charge in [-0.3, -0.25) is 0 Å². The first-order valence-electron chi connectivity index (χ1n) is 8.28. The molecule has 0 aliphatic rings. The first kappa shape index (κ1) is 17.7. The van der Waals surface area contributed by atoms with E-state index in [0.29, 0.717) is 12.2 Å². The topological polar surface area (TPSA) is 46.0 Å². The number of rotatable bonds is 7. The van der Waals surface area contributed by atoms with Crippen LogP contribution in [0.1, 0.15) is 67.7 Å². The Bertz CT molecular complexity index is 656. The van der Waals surface area contributed by atoms with Crippen LogP contribution in [-0.2, 0) is 18.7 Å². The Kier molecular flexibility index (Phi) is 6.40. The van der Waals surface area contributed by atoms with Gasteiger partial charge in [-0.05, 0) is 24.0 Å². The number of unbranched alkanes of at least 4 members (excludes halogenated alkanes) is 1. The van der Waals surface area contributed by atoms with Crippen molar-refractivity contribution in [3.8, 4) is 5.88 Å². The largest absolute Gasteiger partial charge is 0.493 e. The molecule has 0 atom stereocenters. The Morgan fingerprint density at radius 2 is 1.83 bits per heavy atom. The molecule has 0 spiro atoms. The van der Waals surface area contributed by atoms with Gasteiger partial charge in [-0.25, -0.2) is 4.98 Å². The van der Waals surface area contributed by atoms with Crippen molar-refractivity contribution in [1.82, 2.24) is 9.97 Å². The maximum absolute atomic E-state index is 10.4. The lowest BCUT2D eigenvalue weighted by Crippen LogP contribution is -2.07. The van der Waals surface area contributed by atoms with E-state index in [1.54, 1.807) is 0 Å². The molecule has 2 rings (SSSR count). The molecular weight excluding hydrogens is 308 g/mol. The smallest absolute Gasteiger partial charge is 0.218 e. The molecule has 0 unspecified atom stereocenters. The van der Waals surface area contributed by atoms with Crippen LogP contribution >= 0.6 is 11.6 Å². The third-order valence-corrected chi connectivity index (χ3v) is 4.27. The van der Waals surface area contributed by atoms with Crippen molar-refractivity contribution in [2.45, 2.75) is 58.3 Å². The lowest BCUT2D eigenvalue weighted by Gasteiger charge is -2.14. The van der Waals surface area contributed by atoms with Crippen molar-refractivity contribution in [3.05, 3.63) is 52.5 Å². The van der Waals surface area contributed by atoms with Gasteiger partial charge in [0.15, 0.2) is 0 Å². The zero-order chi connectivity index (χ0) is 16.8. The Hall–Kier alpha value is -1.61. The van der Waals surface area contributed by atoms with Gasteiger partial charge in [-0.15, -0.1) is 11.6 Å². The molecule has 2 aromatic rings. The highest BCUT2D eigenvalue weighted by Crippen LogP contribution is 2.26. The minimum absolute atomic E-state index is 0.0599. The Morgan fingerprint density at radius 1 is 1.13 bits per heavy atom. The number of nitrogens with zero attached hydrogens (tertiary/aromatic N) is 2. The summed E-state index contributed by atoms with van der Waals surface area (Å²) in [5, 5.41) is 10.4. The molecule has 0 amide bonds. The summed E-state index contributed by atoms with van der Waals surface area (Å²) in [4.78, 5) is 8.79. The van der Waals surface area contributed by atoms with E-state index in [9.17, 15) is 5.11 Å². The second-order valence-corrected chi connectivity index (χ2v) is 6.44. The number of aromatic hydroxyl groups is 1. The van der Waals surface area contributed by atoms with E-state index in [0.717, 1.165) is 24.1 Å². The van der Waals surface area contributed by atoms with Gasteiger partial charge in [0.05, 0.1) is 11.6 Å². The van der Waals surface area contributed by atoms with Crippen molar-refractivity contribution >= 4 is 11.6 Å². The maximum atomic E-state index is 10.4. The molecule has 0 aliphatic heterocycles. The molecule has 1 aromatic carbocycles. The van der Waals surface area contributed by atoms with E-state index in [-0.39, 0.29) is 17.7 Å². The van der Waals surface area contributed by atoms with Gasteiger partial charge in [-0.1, -0.05) is 51.5 Å². The first-order chi connectivity index (χ1) is 11.1. The molecule has 0 fully saturated rings. The molecule has 4 heteroatoms. The number of halogens is 1. The number of hydrogen-bond acceptors (Lipinski definition) is 3. The van der Waals surface area contributed by atoms with E-state index < -0.39 is 0 Å². The SMILES string of the molecule is CCCCc1ccccc1Cc1c(O)nc(C(C)C)nc1CCl. The zero-order valence-corrected chi connectivity index (χ0v) is 14.9. The molecule has 0 radical (unpaired) electrons. The maximum Gasteiger partial charge on any atom is 0.218 e. The Morgan fingerprint density at radius 3 is 2.43 bits per heavy atom. The monoisotopic (exact) mass is 332 g/mol. The summed E-state index contributed by atoms with van der Waals surface area (Å²) in [6, 6.07) is 8.37. The van der Waals surface area contributed by atoms with Gasteiger partial charge in [0.2, 0.25) is 5.88 Å². The summed E-state index contributed by atoms with van der Waals surface area (Å²) < 4.78 is 0. The molecule has 3 nitrogen and oxygen atoms in total. The number of hydrogen-bond donors (Lipinski definition) is 1. The van der Waals surface area contributed by atoms with Crippen LogP contribution in [0.15, 0.2) is 24.3 Å². The lowest BCUT2D eigenvalue weighted by atomic mass is 9.96. The van der Waals surface area contributed by atoms with Crippen LogP contribution in [-0.4, -0.2) is 15.1 Å². The molecular formula is C19H25ClN2O. The summed E-state index contributed by atoms with van der Waals surface area (Å²) in [5.74, 6) is 1.14. The highest BCUT2D eigenvalue weighted by Gasteiger charge is 2.16. The van der Waals surface area contributed by atoms with E-state index in [1.165, 1.54) is 17.5 Å². The third-order valence-electron chi connectivity index (χ3n) is 4.02. The van der Waals surface area contributed by atoms with Crippen LogP contribution in [0.25, 0.3) is 0 Å².